The average Bonchev–Trinajstić information content (AvgIpc) is 3.40. The van der Waals surface area contributed by atoms with Gasteiger partial charge in [-0.15, -0.1) is 0 Å². The number of hydrogen-bond donors (Lipinski definition) is 1. The van der Waals surface area contributed by atoms with Crippen LogP contribution in [0.15, 0.2) is 48.5 Å². The van der Waals surface area contributed by atoms with Gasteiger partial charge in [-0.05, 0) is 48.6 Å². The van der Waals surface area contributed by atoms with E-state index in [-0.39, 0.29) is 17.5 Å². The molecule has 212 valence electrons. The first-order chi connectivity index (χ1) is 18.7. The number of anilines is 1. The Kier molecular flexibility index (Phi) is 13.4. The number of ketones is 1. The Morgan fingerprint density at radius 2 is 1.72 bits per heavy atom. The quantitative estimate of drug-likeness (QED) is 0.162. The number of nitrogens with two attached hydrogens (primary N) is 1. The van der Waals surface area contributed by atoms with Gasteiger partial charge in [0.25, 0.3) is 0 Å². The predicted molar refractivity (Wildman–Crippen MR) is 160 cm³/mol. The minimum atomic E-state index is -0.160. The van der Waals surface area contributed by atoms with Crippen LogP contribution in [0.2, 0.25) is 0 Å². The third-order valence-electron chi connectivity index (χ3n) is 6.44. The number of nitrogen functional groups attached to an aromatic ring is 1. The summed E-state index contributed by atoms with van der Waals surface area (Å²) in [7, 11) is 1.60. The van der Waals surface area contributed by atoms with Gasteiger partial charge in [-0.25, -0.2) is 9.37 Å². The number of aryl methyl sites for hydroxylation is 1. The summed E-state index contributed by atoms with van der Waals surface area (Å²) < 4.78 is 19.1. The molecule has 2 heterocycles. The number of halogens is 1. The first-order valence-electron chi connectivity index (χ1n) is 14.1. The highest BCUT2D eigenvalue weighted by atomic mass is 19.1. The van der Waals surface area contributed by atoms with Crippen LogP contribution in [0.5, 0.6) is 5.75 Å². The molecule has 4 aromatic rings. The highest BCUT2D eigenvalue weighted by Gasteiger charge is 2.16. The monoisotopic (exact) mass is 536 g/mol. The summed E-state index contributed by atoms with van der Waals surface area (Å²) in [6.07, 6.45) is 8.45. The third kappa shape index (κ3) is 9.65. The normalized spacial score (nSPS) is 10.7. The third-order valence-corrected chi connectivity index (χ3v) is 6.44. The van der Waals surface area contributed by atoms with Crippen molar-refractivity contribution in [1.82, 2.24) is 14.6 Å². The second kappa shape index (κ2) is 16.5. The summed E-state index contributed by atoms with van der Waals surface area (Å²) in [4.78, 5) is 16.9. The zero-order valence-corrected chi connectivity index (χ0v) is 24.5. The zero-order chi connectivity index (χ0) is 28.8. The molecule has 0 aliphatic carbocycles. The van der Waals surface area contributed by atoms with Gasteiger partial charge in [0.05, 0.1) is 12.6 Å². The number of ether oxygens (including phenoxy) is 1. The molecule has 0 radical (unpaired) electrons. The lowest BCUT2D eigenvalue weighted by Gasteiger charge is -2.07. The van der Waals surface area contributed by atoms with Crippen LogP contribution in [0.25, 0.3) is 16.4 Å². The molecule has 0 aliphatic heterocycles. The Labute approximate surface area is 232 Å². The van der Waals surface area contributed by atoms with Crippen LogP contribution < -0.4 is 10.5 Å². The maximum absolute atomic E-state index is 12.5. The summed E-state index contributed by atoms with van der Waals surface area (Å²) >= 11 is 0. The number of Topliss-reactive ketones (excluding diaryl/α,β-unsaturated/α-hetero) is 1. The number of carbonyl (C=O) groups excluding carboxylic acids is 1. The van der Waals surface area contributed by atoms with Crippen LogP contribution in [-0.2, 0) is 6.42 Å². The first kappa shape index (κ1) is 31.7. The van der Waals surface area contributed by atoms with E-state index >= 15 is 0 Å². The average molecular weight is 537 g/mol. The van der Waals surface area contributed by atoms with Gasteiger partial charge in [0.2, 0.25) is 5.95 Å². The van der Waals surface area contributed by atoms with Gasteiger partial charge in [0, 0.05) is 11.8 Å². The summed E-state index contributed by atoms with van der Waals surface area (Å²) in [5, 5.41) is 5.25. The number of methoxy groups -OCH3 is 1. The summed E-state index contributed by atoms with van der Waals surface area (Å²) in [5.41, 5.74) is 9.12. The second-order valence-corrected chi connectivity index (χ2v) is 10.0. The van der Waals surface area contributed by atoms with Crippen molar-refractivity contribution in [2.75, 3.05) is 12.8 Å². The van der Waals surface area contributed by atoms with E-state index in [1.165, 1.54) is 41.5 Å². The van der Waals surface area contributed by atoms with Gasteiger partial charge in [-0.2, -0.15) is 9.61 Å². The number of para-hydroxylation sites is 1. The van der Waals surface area contributed by atoms with Crippen LogP contribution in [0.3, 0.4) is 0 Å². The number of carbonyl (C=O) groups is 1. The number of fused-ring (bicyclic) bond motifs is 3. The molecule has 0 fully saturated rings. The Hall–Kier alpha value is -3.48. The molecule has 0 bridgehead atoms. The van der Waals surface area contributed by atoms with Crippen LogP contribution in [0, 0.1) is 11.7 Å². The first-order valence-corrected chi connectivity index (χ1v) is 14.1. The number of unbranched alkanes of at least 4 members (excludes halogenated alkanes) is 3. The fraction of sp³-hybridized carbons (Fsp3) is 0.469. The molecule has 0 unspecified atom stereocenters. The van der Waals surface area contributed by atoms with Gasteiger partial charge in [-0.3, -0.25) is 4.79 Å². The Morgan fingerprint density at radius 3 is 2.31 bits per heavy atom. The summed E-state index contributed by atoms with van der Waals surface area (Å²) in [6, 6.07) is 14.0. The highest BCUT2D eigenvalue weighted by molar-refractivity contribution is 6.01. The van der Waals surface area contributed by atoms with Crippen LogP contribution in [-0.4, -0.2) is 27.5 Å². The molecule has 0 amide bonds. The lowest BCUT2D eigenvalue weighted by Crippen LogP contribution is -2.05. The van der Waals surface area contributed by atoms with Crippen LogP contribution >= 0.6 is 0 Å². The number of rotatable bonds is 10. The van der Waals surface area contributed by atoms with Crippen LogP contribution in [0.1, 0.15) is 95.6 Å². The van der Waals surface area contributed by atoms with Crippen molar-refractivity contribution in [1.29, 1.82) is 0 Å². The minimum Gasteiger partial charge on any atom is -0.494 e. The van der Waals surface area contributed by atoms with E-state index in [9.17, 15) is 9.18 Å². The Balaban J connectivity index is 0.000000339. The number of aromatic nitrogens is 3. The molecule has 4 rings (SSSR count). The standard InChI is InChI=1S/C20H26N4O2.C8H9F.C4H10/c1-13(2)8-5-4-6-10-17(25)15-12-16-14-9-7-11-18(26-3)19(14)22-20(21)24(16)23-15;1-2-7-3-5-8(9)6-4-7;1-3-4-2/h7,9,11-13H,4-6,8,10H2,1-3H3,(H2,21,22);3-6H,2H2,1H3;3-4H2,1-2H3. The van der Waals surface area contributed by atoms with Crippen molar-refractivity contribution in [3.63, 3.8) is 0 Å². The van der Waals surface area contributed by atoms with Gasteiger partial charge < -0.3 is 10.5 Å². The molecule has 39 heavy (non-hydrogen) atoms. The fourth-order valence-electron chi connectivity index (χ4n) is 3.92. The van der Waals surface area contributed by atoms with Gasteiger partial charge in [0.1, 0.15) is 22.8 Å². The topological polar surface area (TPSA) is 82.5 Å². The number of benzene rings is 2. The molecule has 2 N–H and O–H groups in total. The van der Waals surface area contributed by atoms with E-state index in [0.29, 0.717) is 29.3 Å². The van der Waals surface area contributed by atoms with Crippen molar-refractivity contribution >= 4 is 28.2 Å². The Morgan fingerprint density at radius 1 is 1.03 bits per heavy atom. The van der Waals surface area contributed by atoms with Crippen molar-refractivity contribution in [2.45, 2.75) is 86.0 Å². The predicted octanol–water partition coefficient (Wildman–Crippen LogP) is 8.46. The van der Waals surface area contributed by atoms with E-state index in [1.807, 2.05) is 25.1 Å². The fourth-order valence-corrected chi connectivity index (χ4v) is 3.92. The molecule has 0 aliphatic rings. The summed E-state index contributed by atoms with van der Waals surface area (Å²) in [6.45, 7) is 10.9. The maximum atomic E-state index is 12.5. The number of hydrogen-bond acceptors (Lipinski definition) is 5. The molecule has 0 saturated carbocycles. The molecular formula is C32H45FN4O2. The molecule has 2 aromatic heterocycles. The summed E-state index contributed by atoms with van der Waals surface area (Å²) in [5.74, 6) is 1.50. The molecule has 6 nitrogen and oxygen atoms in total. The van der Waals surface area contributed by atoms with E-state index in [2.05, 4.69) is 37.8 Å². The van der Waals surface area contributed by atoms with E-state index in [0.717, 1.165) is 36.6 Å². The van der Waals surface area contributed by atoms with E-state index < -0.39 is 0 Å². The lowest BCUT2D eigenvalue weighted by atomic mass is 10.0. The molecule has 2 aromatic carbocycles. The number of nitrogens with zero attached hydrogens (tertiary/aromatic N) is 3. The highest BCUT2D eigenvalue weighted by Crippen LogP contribution is 2.29. The molecular weight excluding hydrogens is 491 g/mol. The Bertz CT molecular complexity index is 1300. The van der Waals surface area contributed by atoms with E-state index in [4.69, 9.17) is 10.5 Å². The van der Waals surface area contributed by atoms with E-state index in [1.54, 1.807) is 25.3 Å². The second-order valence-electron chi connectivity index (χ2n) is 10.0. The lowest BCUT2D eigenvalue weighted by molar-refractivity contribution is 0.0974. The van der Waals surface area contributed by atoms with Gasteiger partial charge in [0.15, 0.2) is 5.78 Å². The smallest absolute Gasteiger partial charge is 0.222 e. The van der Waals surface area contributed by atoms with Gasteiger partial charge in [-0.1, -0.05) is 91.0 Å². The minimum absolute atomic E-state index is 0.0497. The molecule has 7 heteroatoms. The molecule has 0 atom stereocenters. The van der Waals surface area contributed by atoms with Crippen molar-refractivity contribution in [2.24, 2.45) is 5.92 Å². The SMILES string of the molecule is CCCC.CCc1ccc(F)cc1.COc1cccc2c1nc(N)n1nc(C(=O)CCCCCC(C)C)cc21. The molecule has 0 saturated heterocycles. The zero-order valence-electron chi connectivity index (χ0n) is 24.5. The maximum Gasteiger partial charge on any atom is 0.222 e. The van der Waals surface area contributed by atoms with Crippen molar-refractivity contribution < 1.29 is 13.9 Å². The largest absolute Gasteiger partial charge is 0.494 e. The van der Waals surface area contributed by atoms with Crippen LogP contribution in [0.4, 0.5) is 10.3 Å². The van der Waals surface area contributed by atoms with Crippen molar-refractivity contribution in [3.05, 3.63) is 65.6 Å². The molecule has 0 spiro atoms. The van der Waals surface area contributed by atoms with Crippen molar-refractivity contribution in [3.8, 4) is 5.75 Å². The van der Waals surface area contributed by atoms with Gasteiger partial charge >= 0.3 is 0 Å².